The van der Waals surface area contributed by atoms with E-state index in [0.29, 0.717) is 24.4 Å². The first kappa shape index (κ1) is 18.6. The third-order valence-corrected chi connectivity index (χ3v) is 4.72. The zero-order valence-electron chi connectivity index (χ0n) is 15.6. The molecule has 0 N–H and O–H groups in total. The van der Waals surface area contributed by atoms with Gasteiger partial charge in [-0.3, -0.25) is 4.90 Å². The molecule has 0 radical (unpaired) electrons. The van der Waals surface area contributed by atoms with Crippen molar-refractivity contribution < 1.29 is 13.7 Å². The van der Waals surface area contributed by atoms with Crippen molar-refractivity contribution in [1.29, 1.82) is 0 Å². The molecule has 0 atom stereocenters. The monoisotopic (exact) mass is 363 g/mol. The van der Waals surface area contributed by atoms with Crippen LogP contribution < -0.4 is 9.64 Å². The van der Waals surface area contributed by atoms with Crippen LogP contribution in [0.25, 0.3) is 0 Å². The molecule has 0 spiro atoms. The van der Waals surface area contributed by atoms with E-state index in [4.69, 9.17) is 9.26 Å². The number of rotatable bonds is 7. The molecule has 1 saturated heterocycles. The number of pyridine rings is 1. The predicted molar refractivity (Wildman–Crippen MR) is 95.9 cm³/mol. The van der Waals surface area contributed by atoms with E-state index < -0.39 is 5.95 Å². The maximum atomic E-state index is 13.0. The molecule has 2 aromatic heterocycles. The molecule has 0 aliphatic carbocycles. The molecule has 1 aliphatic heterocycles. The lowest BCUT2D eigenvalue weighted by Gasteiger charge is -2.35. The van der Waals surface area contributed by atoms with Gasteiger partial charge < -0.3 is 14.2 Å². The standard InChI is InChI=1S/C18H26FN5O2/c1-13(2)17-21-18(26-22-17)24-8-5-14(6-9-24)23(3)10-11-25-15-4-7-20-16(19)12-15/h4,7,12-14H,5-6,8-11H2,1-3H3. The van der Waals surface area contributed by atoms with Crippen molar-refractivity contribution >= 4 is 6.01 Å². The number of ether oxygens (including phenoxy) is 1. The molecule has 7 nitrogen and oxygen atoms in total. The smallest absolute Gasteiger partial charge is 0.324 e. The van der Waals surface area contributed by atoms with E-state index in [9.17, 15) is 4.39 Å². The maximum absolute atomic E-state index is 13.0. The molecule has 26 heavy (non-hydrogen) atoms. The molecular weight excluding hydrogens is 337 g/mol. The molecule has 3 heterocycles. The molecule has 0 saturated carbocycles. The molecule has 8 heteroatoms. The van der Waals surface area contributed by atoms with Gasteiger partial charge in [0.2, 0.25) is 5.95 Å². The fraction of sp³-hybridized carbons (Fsp3) is 0.611. The Morgan fingerprint density at radius 2 is 2.15 bits per heavy atom. The molecule has 142 valence electrons. The maximum Gasteiger partial charge on any atom is 0.324 e. The van der Waals surface area contributed by atoms with Gasteiger partial charge in [-0.2, -0.15) is 9.37 Å². The SMILES string of the molecule is CC(C)c1noc(N2CCC(N(C)CCOc3ccnc(F)c3)CC2)n1. The van der Waals surface area contributed by atoms with Gasteiger partial charge in [-0.1, -0.05) is 19.0 Å². The van der Waals surface area contributed by atoms with Crippen LogP contribution in [0.4, 0.5) is 10.4 Å². The van der Waals surface area contributed by atoms with Gasteiger partial charge in [-0.15, -0.1) is 0 Å². The van der Waals surface area contributed by atoms with Crippen LogP contribution >= 0.6 is 0 Å². The van der Waals surface area contributed by atoms with E-state index in [1.165, 1.54) is 12.3 Å². The molecule has 1 fully saturated rings. The van der Waals surface area contributed by atoms with Crippen LogP contribution in [-0.4, -0.2) is 59.4 Å². The Balaban J connectivity index is 1.42. The van der Waals surface area contributed by atoms with E-state index in [1.54, 1.807) is 6.07 Å². The Hall–Kier alpha value is -2.22. The Morgan fingerprint density at radius 1 is 1.38 bits per heavy atom. The number of hydrogen-bond donors (Lipinski definition) is 0. The summed E-state index contributed by atoms with van der Waals surface area (Å²) in [7, 11) is 2.10. The Morgan fingerprint density at radius 3 is 2.81 bits per heavy atom. The Bertz CT molecular complexity index is 700. The second kappa shape index (κ2) is 8.44. The molecular formula is C18H26FN5O2. The molecule has 0 bridgehead atoms. The first-order valence-corrected chi connectivity index (χ1v) is 9.06. The highest BCUT2D eigenvalue weighted by molar-refractivity contribution is 5.26. The quantitative estimate of drug-likeness (QED) is 0.701. The fourth-order valence-corrected chi connectivity index (χ4v) is 3.05. The van der Waals surface area contributed by atoms with Crippen molar-refractivity contribution in [2.75, 3.05) is 38.2 Å². The van der Waals surface area contributed by atoms with Crippen molar-refractivity contribution in [1.82, 2.24) is 20.0 Å². The van der Waals surface area contributed by atoms with E-state index in [2.05, 4.69) is 45.8 Å². The second-order valence-electron chi connectivity index (χ2n) is 6.95. The van der Waals surface area contributed by atoms with Crippen molar-refractivity contribution in [3.63, 3.8) is 0 Å². The second-order valence-corrected chi connectivity index (χ2v) is 6.95. The van der Waals surface area contributed by atoms with Crippen molar-refractivity contribution in [3.05, 3.63) is 30.1 Å². The highest BCUT2D eigenvalue weighted by Crippen LogP contribution is 2.22. The lowest BCUT2D eigenvalue weighted by molar-refractivity contribution is 0.168. The third kappa shape index (κ3) is 4.69. The average molecular weight is 363 g/mol. The van der Waals surface area contributed by atoms with Gasteiger partial charge in [-0.25, -0.2) is 4.98 Å². The molecule has 3 rings (SSSR count). The summed E-state index contributed by atoms with van der Waals surface area (Å²) in [4.78, 5) is 12.4. The van der Waals surface area contributed by atoms with Crippen LogP contribution in [0.15, 0.2) is 22.9 Å². The van der Waals surface area contributed by atoms with Gasteiger partial charge in [0.1, 0.15) is 12.4 Å². The minimum atomic E-state index is -0.523. The van der Waals surface area contributed by atoms with Gasteiger partial charge in [0, 0.05) is 43.9 Å². The number of halogens is 1. The highest BCUT2D eigenvalue weighted by atomic mass is 19.1. The molecule has 2 aromatic rings. The number of hydrogen-bond acceptors (Lipinski definition) is 7. The van der Waals surface area contributed by atoms with Gasteiger partial charge in [-0.05, 0) is 26.0 Å². The topological polar surface area (TPSA) is 67.5 Å². The summed E-state index contributed by atoms with van der Waals surface area (Å²) in [6.45, 7) is 7.20. The highest BCUT2D eigenvalue weighted by Gasteiger charge is 2.25. The molecule has 1 aliphatic rings. The summed E-state index contributed by atoms with van der Waals surface area (Å²) < 4.78 is 24.0. The van der Waals surface area contributed by atoms with Crippen molar-refractivity contribution in [2.24, 2.45) is 0 Å². The van der Waals surface area contributed by atoms with Crippen LogP contribution in [0.5, 0.6) is 5.75 Å². The van der Waals surface area contributed by atoms with Crippen molar-refractivity contribution in [2.45, 2.75) is 38.6 Å². The minimum absolute atomic E-state index is 0.269. The largest absolute Gasteiger partial charge is 0.492 e. The number of aromatic nitrogens is 3. The lowest BCUT2D eigenvalue weighted by atomic mass is 10.0. The normalized spacial score (nSPS) is 15.8. The number of piperidine rings is 1. The van der Waals surface area contributed by atoms with Crippen LogP contribution in [0.2, 0.25) is 0 Å². The summed E-state index contributed by atoms with van der Waals surface area (Å²) in [5.41, 5.74) is 0. The summed E-state index contributed by atoms with van der Waals surface area (Å²) in [6.07, 6.45) is 3.46. The van der Waals surface area contributed by atoms with Gasteiger partial charge in [0.05, 0.1) is 0 Å². The van der Waals surface area contributed by atoms with E-state index in [1.807, 2.05) is 0 Å². The first-order chi connectivity index (χ1) is 12.5. The van der Waals surface area contributed by atoms with Gasteiger partial charge in [0.15, 0.2) is 5.82 Å². The van der Waals surface area contributed by atoms with Gasteiger partial charge >= 0.3 is 6.01 Å². The Kier molecular flexibility index (Phi) is 6.03. The summed E-state index contributed by atoms with van der Waals surface area (Å²) >= 11 is 0. The third-order valence-electron chi connectivity index (χ3n) is 4.72. The fourth-order valence-electron chi connectivity index (χ4n) is 3.05. The first-order valence-electron chi connectivity index (χ1n) is 9.06. The number of nitrogens with zero attached hydrogens (tertiary/aromatic N) is 5. The summed E-state index contributed by atoms with van der Waals surface area (Å²) in [5, 5.41) is 4.03. The summed E-state index contributed by atoms with van der Waals surface area (Å²) in [6, 6.07) is 4.07. The van der Waals surface area contributed by atoms with Crippen LogP contribution in [0.1, 0.15) is 38.4 Å². The molecule has 0 amide bonds. The zero-order chi connectivity index (χ0) is 18.5. The van der Waals surface area contributed by atoms with Gasteiger partial charge in [0.25, 0.3) is 0 Å². The van der Waals surface area contributed by atoms with E-state index in [0.717, 1.165) is 38.3 Å². The van der Waals surface area contributed by atoms with Crippen molar-refractivity contribution in [3.8, 4) is 5.75 Å². The molecule has 0 aromatic carbocycles. The number of likely N-dealkylation sites (N-methyl/N-ethyl adjacent to an activating group) is 1. The zero-order valence-corrected chi connectivity index (χ0v) is 15.6. The summed E-state index contributed by atoms with van der Waals surface area (Å²) in [5.74, 6) is 1.01. The van der Waals surface area contributed by atoms with Crippen LogP contribution in [-0.2, 0) is 0 Å². The van der Waals surface area contributed by atoms with Crippen LogP contribution in [0, 0.1) is 5.95 Å². The van der Waals surface area contributed by atoms with Crippen LogP contribution in [0.3, 0.4) is 0 Å². The van der Waals surface area contributed by atoms with E-state index in [-0.39, 0.29) is 5.92 Å². The Labute approximate surface area is 153 Å². The molecule has 0 unspecified atom stereocenters. The van der Waals surface area contributed by atoms with E-state index >= 15 is 0 Å². The predicted octanol–water partition coefficient (Wildman–Crippen LogP) is 2.71. The lowest BCUT2D eigenvalue weighted by Crippen LogP contribution is -2.44. The average Bonchev–Trinajstić information content (AvgIpc) is 3.12. The number of anilines is 1. The minimum Gasteiger partial charge on any atom is -0.492 e.